The van der Waals surface area contributed by atoms with Crippen molar-refractivity contribution in [2.75, 3.05) is 7.05 Å². The Morgan fingerprint density at radius 2 is 1.75 bits per heavy atom. The van der Waals surface area contributed by atoms with Crippen molar-refractivity contribution in [2.24, 2.45) is 0 Å². The average Bonchev–Trinajstić information content (AvgIpc) is 2.42. The topological polar surface area (TPSA) is 21.3 Å². The molecule has 0 saturated carbocycles. The van der Waals surface area contributed by atoms with Gasteiger partial charge >= 0.3 is 0 Å². The second-order valence-electron chi connectivity index (χ2n) is 5.06. The van der Waals surface area contributed by atoms with Gasteiger partial charge in [-0.1, -0.05) is 17.7 Å². The summed E-state index contributed by atoms with van der Waals surface area (Å²) in [6.07, 6.45) is 0. The van der Waals surface area contributed by atoms with Gasteiger partial charge in [0.15, 0.2) is 0 Å². The number of nitrogens with one attached hydrogen (secondary N) is 1. The molecule has 2 aromatic rings. The lowest BCUT2D eigenvalue weighted by molar-refractivity contribution is 0.460. The van der Waals surface area contributed by atoms with Crippen molar-refractivity contribution in [3.05, 3.63) is 58.9 Å². The van der Waals surface area contributed by atoms with Gasteiger partial charge in [0.1, 0.15) is 17.3 Å². The van der Waals surface area contributed by atoms with Crippen molar-refractivity contribution in [3.63, 3.8) is 0 Å². The Labute approximate surface area is 119 Å². The number of hydrogen-bond donors (Lipinski definition) is 1. The minimum atomic E-state index is -0.255. The van der Waals surface area contributed by atoms with Gasteiger partial charge in [0.2, 0.25) is 0 Å². The number of benzene rings is 2. The maximum atomic E-state index is 13.4. The fraction of sp³-hybridized carbons (Fsp3) is 0.294. The van der Waals surface area contributed by atoms with Crippen LogP contribution in [0.1, 0.15) is 29.7 Å². The van der Waals surface area contributed by atoms with E-state index in [1.165, 1.54) is 17.7 Å². The van der Waals surface area contributed by atoms with Gasteiger partial charge < -0.3 is 10.1 Å². The van der Waals surface area contributed by atoms with Gasteiger partial charge in [0.05, 0.1) is 0 Å². The normalized spacial score (nSPS) is 12.2. The first-order chi connectivity index (χ1) is 9.51. The molecular formula is C17H20FNO. The third-order valence-electron chi connectivity index (χ3n) is 3.42. The van der Waals surface area contributed by atoms with Crippen LogP contribution in [0.25, 0.3) is 0 Å². The summed E-state index contributed by atoms with van der Waals surface area (Å²) in [6.45, 7) is 6.03. The van der Waals surface area contributed by atoms with E-state index < -0.39 is 0 Å². The third kappa shape index (κ3) is 3.17. The van der Waals surface area contributed by atoms with Crippen LogP contribution < -0.4 is 10.1 Å². The van der Waals surface area contributed by atoms with E-state index in [0.717, 1.165) is 16.9 Å². The molecular weight excluding hydrogens is 253 g/mol. The molecule has 0 aliphatic carbocycles. The zero-order valence-corrected chi connectivity index (χ0v) is 12.3. The monoisotopic (exact) mass is 273 g/mol. The molecule has 0 radical (unpaired) electrons. The molecule has 20 heavy (non-hydrogen) atoms. The summed E-state index contributed by atoms with van der Waals surface area (Å²) in [5, 5.41) is 3.11. The van der Waals surface area contributed by atoms with Crippen LogP contribution in [-0.2, 0) is 0 Å². The van der Waals surface area contributed by atoms with Crippen molar-refractivity contribution in [3.8, 4) is 11.5 Å². The number of hydrogen-bond acceptors (Lipinski definition) is 2. The van der Waals surface area contributed by atoms with E-state index in [0.29, 0.717) is 5.75 Å². The first kappa shape index (κ1) is 14.5. The molecule has 0 spiro atoms. The van der Waals surface area contributed by atoms with Crippen molar-refractivity contribution in [2.45, 2.75) is 26.8 Å². The molecule has 2 rings (SSSR count). The van der Waals surface area contributed by atoms with E-state index in [2.05, 4.69) is 11.4 Å². The Kier molecular flexibility index (Phi) is 4.40. The summed E-state index contributed by atoms with van der Waals surface area (Å²) < 4.78 is 19.4. The van der Waals surface area contributed by atoms with Gasteiger partial charge in [-0.05, 0) is 57.6 Å². The summed E-state index contributed by atoms with van der Waals surface area (Å²) in [4.78, 5) is 0. The number of rotatable bonds is 4. The van der Waals surface area contributed by atoms with Crippen LogP contribution in [0.5, 0.6) is 11.5 Å². The van der Waals surface area contributed by atoms with E-state index in [4.69, 9.17) is 4.74 Å². The quantitative estimate of drug-likeness (QED) is 0.884. The third-order valence-corrected chi connectivity index (χ3v) is 3.42. The molecule has 1 N–H and O–H groups in total. The summed E-state index contributed by atoms with van der Waals surface area (Å²) in [6, 6.07) is 10.7. The fourth-order valence-electron chi connectivity index (χ4n) is 2.14. The molecule has 0 heterocycles. The van der Waals surface area contributed by atoms with Crippen molar-refractivity contribution in [1.29, 1.82) is 0 Å². The first-order valence-corrected chi connectivity index (χ1v) is 6.73. The Bertz CT molecular complexity index is 610. The molecule has 0 bridgehead atoms. The highest BCUT2D eigenvalue weighted by atomic mass is 19.1. The number of halogens is 1. The minimum Gasteiger partial charge on any atom is -0.457 e. The van der Waals surface area contributed by atoms with Crippen LogP contribution in [-0.4, -0.2) is 7.05 Å². The zero-order valence-electron chi connectivity index (χ0n) is 12.3. The summed E-state index contributed by atoms with van der Waals surface area (Å²) in [5.41, 5.74) is 3.07. The molecule has 0 saturated heterocycles. The molecule has 106 valence electrons. The van der Waals surface area contributed by atoms with Gasteiger partial charge in [-0.15, -0.1) is 0 Å². The van der Waals surface area contributed by atoms with Crippen LogP contribution in [0.3, 0.4) is 0 Å². The maximum absolute atomic E-state index is 13.4. The maximum Gasteiger partial charge on any atom is 0.132 e. The highest BCUT2D eigenvalue weighted by molar-refractivity contribution is 5.43. The predicted molar refractivity (Wildman–Crippen MR) is 79.9 cm³/mol. The van der Waals surface area contributed by atoms with E-state index >= 15 is 0 Å². The van der Waals surface area contributed by atoms with Gasteiger partial charge in [-0.2, -0.15) is 0 Å². The van der Waals surface area contributed by atoms with E-state index in [1.807, 2.05) is 40.0 Å². The van der Waals surface area contributed by atoms with Crippen LogP contribution in [0.15, 0.2) is 36.4 Å². The van der Waals surface area contributed by atoms with Crippen molar-refractivity contribution < 1.29 is 9.13 Å². The van der Waals surface area contributed by atoms with Crippen LogP contribution in [0.4, 0.5) is 4.39 Å². The summed E-state index contributed by atoms with van der Waals surface area (Å²) in [7, 11) is 1.84. The van der Waals surface area contributed by atoms with Crippen LogP contribution in [0, 0.1) is 19.7 Å². The molecule has 2 aromatic carbocycles. The standard InChI is InChI=1S/C17H20FNO/c1-11-5-7-16(12(2)9-11)20-17-8-6-14(18)10-15(17)13(3)19-4/h5-10,13,19H,1-4H3. The van der Waals surface area contributed by atoms with Crippen molar-refractivity contribution >= 4 is 0 Å². The van der Waals surface area contributed by atoms with Gasteiger partial charge in [0, 0.05) is 11.6 Å². The Balaban J connectivity index is 2.37. The lowest BCUT2D eigenvalue weighted by atomic mass is 10.1. The Hall–Kier alpha value is -1.87. The Morgan fingerprint density at radius 3 is 2.40 bits per heavy atom. The minimum absolute atomic E-state index is 0.0199. The number of ether oxygens (including phenoxy) is 1. The lowest BCUT2D eigenvalue weighted by Gasteiger charge is -2.17. The smallest absolute Gasteiger partial charge is 0.132 e. The molecule has 0 aliphatic heterocycles. The predicted octanol–water partition coefficient (Wildman–Crippen LogP) is 4.52. The molecule has 0 amide bonds. The SMILES string of the molecule is CNC(C)c1cc(F)ccc1Oc1ccc(C)cc1C. The summed E-state index contributed by atoms with van der Waals surface area (Å²) in [5.74, 6) is 1.22. The molecule has 2 nitrogen and oxygen atoms in total. The highest BCUT2D eigenvalue weighted by Gasteiger charge is 2.13. The first-order valence-electron chi connectivity index (χ1n) is 6.73. The highest BCUT2D eigenvalue weighted by Crippen LogP contribution is 2.32. The van der Waals surface area contributed by atoms with E-state index in [9.17, 15) is 4.39 Å². The molecule has 3 heteroatoms. The molecule has 0 aliphatic rings. The second kappa shape index (κ2) is 6.06. The fourth-order valence-corrected chi connectivity index (χ4v) is 2.14. The van der Waals surface area contributed by atoms with E-state index in [-0.39, 0.29) is 11.9 Å². The average molecular weight is 273 g/mol. The Morgan fingerprint density at radius 1 is 1.05 bits per heavy atom. The van der Waals surface area contributed by atoms with Crippen LogP contribution in [0.2, 0.25) is 0 Å². The lowest BCUT2D eigenvalue weighted by Crippen LogP contribution is -2.13. The molecule has 0 aromatic heterocycles. The zero-order chi connectivity index (χ0) is 14.7. The van der Waals surface area contributed by atoms with Gasteiger partial charge in [-0.3, -0.25) is 0 Å². The largest absolute Gasteiger partial charge is 0.457 e. The molecule has 1 unspecified atom stereocenters. The molecule has 0 fully saturated rings. The van der Waals surface area contributed by atoms with Gasteiger partial charge in [-0.25, -0.2) is 4.39 Å². The number of aryl methyl sites for hydroxylation is 2. The second-order valence-corrected chi connectivity index (χ2v) is 5.06. The van der Waals surface area contributed by atoms with E-state index in [1.54, 1.807) is 6.07 Å². The van der Waals surface area contributed by atoms with Gasteiger partial charge in [0.25, 0.3) is 0 Å². The summed E-state index contributed by atoms with van der Waals surface area (Å²) >= 11 is 0. The van der Waals surface area contributed by atoms with Crippen molar-refractivity contribution in [1.82, 2.24) is 5.32 Å². The molecule has 1 atom stereocenters. The van der Waals surface area contributed by atoms with Crippen LogP contribution >= 0.6 is 0 Å².